The molecule has 4 rings (SSSR count). The van der Waals surface area contributed by atoms with E-state index in [1.54, 1.807) is 76.2 Å². The summed E-state index contributed by atoms with van der Waals surface area (Å²) in [6.07, 6.45) is -7.62. The molecule has 19 atom stereocenters. The van der Waals surface area contributed by atoms with Gasteiger partial charge in [-0.1, -0.05) is 27.7 Å². The highest BCUT2D eigenvalue weighted by atomic mass is 16.7. The monoisotopic (exact) mass is 971 g/mol. The van der Waals surface area contributed by atoms with Crippen molar-refractivity contribution in [2.75, 3.05) is 21.2 Å². The Hall–Kier alpha value is -3.47. The molecule has 3 saturated heterocycles. The first kappa shape index (κ1) is 57.1. The number of esters is 2. The van der Waals surface area contributed by atoms with E-state index in [0.29, 0.717) is 6.42 Å². The zero-order chi connectivity index (χ0) is 51.4. The van der Waals surface area contributed by atoms with Crippen LogP contribution in [0.3, 0.4) is 0 Å². The van der Waals surface area contributed by atoms with Crippen LogP contribution in [0.25, 0.3) is 0 Å². The van der Waals surface area contributed by atoms with Crippen molar-refractivity contribution < 1.29 is 77.1 Å². The van der Waals surface area contributed by atoms with E-state index >= 15 is 0 Å². The summed E-state index contributed by atoms with van der Waals surface area (Å²) >= 11 is 0. The molecule has 0 radical (unpaired) electrons. The number of rotatable bonds is 10. The first-order chi connectivity index (χ1) is 31.4. The fourth-order valence-electron chi connectivity index (χ4n) is 10.4. The molecule has 3 aliphatic rings. The summed E-state index contributed by atoms with van der Waals surface area (Å²) in [5.41, 5.74) is -6.01. The molecule has 20 nitrogen and oxygen atoms in total. The van der Waals surface area contributed by atoms with E-state index in [1.165, 1.54) is 44.2 Å². The number of alkyl carbamates (subject to hydrolysis) is 1. The lowest BCUT2D eigenvalue weighted by atomic mass is 9.72. The Bertz CT molecular complexity index is 1820. The molecule has 1 amide bonds. The molecule has 0 bridgehead atoms. The van der Waals surface area contributed by atoms with Gasteiger partial charge in [-0.2, -0.15) is 0 Å². The Morgan fingerprint density at radius 3 is 2.15 bits per heavy atom. The van der Waals surface area contributed by atoms with Crippen LogP contribution in [0.1, 0.15) is 123 Å². The van der Waals surface area contributed by atoms with Crippen molar-refractivity contribution in [2.45, 2.75) is 219 Å². The summed E-state index contributed by atoms with van der Waals surface area (Å²) in [4.78, 5) is 59.9. The fourth-order valence-corrected chi connectivity index (χ4v) is 10.4. The number of imidazole rings is 1. The molecule has 3 fully saturated rings. The molecule has 68 heavy (non-hydrogen) atoms. The largest absolute Gasteiger partial charge is 0.459 e. The highest BCUT2D eigenvalue weighted by Gasteiger charge is 2.55. The minimum absolute atomic E-state index is 0.00363. The zero-order valence-corrected chi connectivity index (χ0v) is 43.3. The number of nitrogens with one attached hydrogen (secondary N) is 1. The molecule has 1 aromatic heterocycles. The van der Waals surface area contributed by atoms with E-state index < -0.39 is 132 Å². The van der Waals surface area contributed by atoms with Crippen LogP contribution in [0.15, 0.2) is 18.7 Å². The summed E-state index contributed by atoms with van der Waals surface area (Å²) in [6.45, 7) is 23.2. The van der Waals surface area contributed by atoms with Crippen LogP contribution >= 0.6 is 0 Å². The Kier molecular flexibility index (Phi) is 19.1. The molecule has 0 spiro atoms. The highest BCUT2D eigenvalue weighted by molar-refractivity contribution is 5.73. The lowest BCUT2D eigenvalue weighted by Gasteiger charge is -2.50. The second-order valence-corrected chi connectivity index (χ2v) is 21.3. The lowest BCUT2D eigenvalue weighted by Crippen LogP contribution is -2.63. The van der Waals surface area contributed by atoms with Gasteiger partial charge in [0, 0.05) is 50.7 Å². The molecule has 1 aromatic rings. The second-order valence-electron chi connectivity index (χ2n) is 21.3. The number of methoxy groups -OCH3 is 1. The SMILES string of the molecule is CC[C@H]1OC(=O)[C@H](C)[C@@H](OC2CC(C)(OC)C(OC(=O)n3ccnc3)C(C)O2)[C@H](C)[C@@H](OC2OC(C)CC(N(C)C)C2OC(C)=O)[C@](C)(O)C[C@@H](C)[C@H](NC(=O)OC(C)(C)C)[C@H](C)[C@@H](O)[C@]1(C)O. The summed E-state index contributed by atoms with van der Waals surface area (Å²) in [7, 11) is 5.18. The van der Waals surface area contributed by atoms with Gasteiger partial charge in [0.15, 0.2) is 24.8 Å². The normalized spacial score (nSPS) is 41.2. The molecule has 20 heteroatoms. The van der Waals surface area contributed by atoms with Crippen LogP contribution < -0.4 is 5.32 Å². The van der Waals surface area contributed by atoms with Crippen molar-refractivity contribution in [3.05, 3.63) is 18.7 Å². The van der Waals surface area contributed by atoms with Gasteiger partial charge < -0.3 is 68.2 Å². The van der Waals surface area contributed by atoms with Crippen LogP contribution in [0, 0.1) is 23.7 Å². The van der Waals surface area contributed by atoms with Crippen molar-refractivity contribution in [2.24, 2.45) is 23.7 Å². The molecule has 4 N–H and O–H groups in total. The van der Waals surface area contributed by atoms with Gasteiger partial charge >= 0.3 is 24.1 Å². The van der Waals surface area contributed by atoms with E-state index in [-0.39, 0.29) is 31.4 Å². The minimum Gasteiger partial charge on any atom is -0.459 e. The predicted octanol–water partition coefficient (Wildman–Crippen LogP) is 4.57. The first-order valence-corrected chi connectivity index (χ1v) is 23.9. The molecule has 3 aliphatic heterocycles. The molecule has 0 aliphatic carbocycles. The van der Waals surface area contributed by atoms with Crippen LogP contribution in [-0.2, 0) is 52.2 Å². The average molecular weight is 971 g/mol. The van der Waals surface area contributed by atoms with Gasteiger partial charge in [0.05, 0.1) is 48.1 Å². The number of hydrogen-bond donors (Lipinski definition) is 4. The van der Waals surface area contributed by atoms with Crippen molar-refractivity contribution in [3.63, 3.8) is 0 Å². The Labute approximate surface area is 402 Å². The van der Waals surface area contributed by atoms with Crippen molar-refractivity contribution in [1.82, 2.24) is 19.8 Å². The number of aliphatic hydroxyl groups is 3. The molecule has 8 unspecified atom stereocenters. The fraction of sp³-hybridized carbons (Fsp3) is 0.854. The number of cyclic esters (lactones) is 1. The van der Waals surface area contributed by atoms with Gasteiger partial charge in [-0.15, -0.1) is 0 Å². The number of amides is 1. The van der Waals surface area contributed by atoms with E-state index in [0.717, 1.165) is 0 Å². The molecule has 4 heterocycles. The quantitative estimate of drug-likeness (QED) is 0.185. The molecule has 390 valence electrons. The van der Waals surface area contributed by atoms with E-state index in [2.05, 4.69) is 10.3 Å². The van der Waals surface area contributed by atoms with Gasteiger partial charge in [-0.05, 0) is 102 Å². The summed E-state index contributed by atoms with van der Waals surface area (Å²) < 4.78 is 57.6. The third-order valence-corrected chi connectivity index (χ3v) is 14.0. The second kappa shape index (κ2) is 22.7. The van der Waals surface area contributed by atoms with Gasteiger partial charge in [0.2, 0.25) is 0 Å². The Balaban J connectivity index is 1.90. The van der Waals surface area contributed by atoms with E-state index in [1.807, 2.05) is 25.9 Å². The highest BCUT2D eigenvalue weighted by Crippen LogP contribution is 2.42. The predicted molar refractivity (Wildman–Crippen MR) is 246 cm³/mol. The smallest absolute Gasteiger partial charge is 0.419 e. The van der Waals surface area contributed by atoms with Crippen molar-refractivity contribution in [1.29, 1.82) is 0 Å². The number of likely N-dealkylation sites (N-methyl/N-ethyl adjacent to an activating group) is 1. The van der Waals surface area contributed by atoms with Crippen molar-refractivity contribution >= 4 is 24.1 Å². The zero-order valence-electron chi connectivity index (χ0n) is 43.3. The Morgan fingerprint density at radius 2 is 1.60 bits per heavy atom. The van der Waals surface area contributed by atoms with Gasteiger partial charge in [0.25, 0.3) is 0 Å². The number of nitrogens with zero attached hydrogens (tertiary/aromatic N) is 3. The summed E-state index contributed by atoms with van der Waals surface area (Å²) in [5.74, 6) is -5.08. The molecular formula is C48H82N4O16. The maximum Gasteiger partial charge on any atom is 0.419 e. The maximum atomic E-state index is 14.7. The first-order valence-electron chi connectivity index (χ1n) is 23.9. The lowest BCUT2D eigenvalue weighted by molar-refractivity contribution is -0.318. The molecule has 0 saturated carbocycles. The number of ether oxygens (including phenoxy) is 9. The third-order valence-electron chi connectivity index (χ3n) is 14.0. The number of aliphatic hydroxyl groups excluding tert-OH is 1. The maximum absolute atomic E-state index is 14.7. The van der Waals surface area contributed by atoms with E-state index in [9.17, 15) is 34.5 Å². The van der Waals surface area contributed by atoms with Gasteiger partial charge in [-0.25, -0.2) is 19.1 Å². The minimum atomic E-state index is -2.05. The number of carbonyl (C=O) groups is 4. The molecule has 0 aromatic carbocycles. The summed E-state index contributed by atoms with van der Waals surface area (Å²) in [5, 5.41) is 40.2. The van der Waals surface area contributed by atoms with Crippen LogP contribution in [0.4, 0.5) is 9.59 Å². The van der Waals surface area contributed by atoms with Crippen LogP contribution in [-0.4, -0.2) is 171 Å². The third kappa shape index (κ3) is 13.7. The number of hydrogen-bond acceptors (Lipinski definition) is 18. The number of carbonyl (C=O) groups excluding carboxylic acids is 4. The average Bonchev–Trinajstić information content (AvgIpc) is 3.78. The van der Waals surface area contributed by atoms with Gasteiger partial charge in [-0.3, -0.25) is 9.59 Å². The number of aromatic nitrogens is 2. The molecular weight excluding hydrogens is 889 g/mol. The summed E-state index contributed by atoms with van der Waals surface area (Å²) in [6, 6.07) is -1.32. The standard InChI is InChI=1S/C48H82N4O16/c1-18-33-48(14,59)38(54)27(4)35(50-43(56)68-45(9,10)11)25(2)22-46(12,58)39(66-42-37(63-31(8)53)32(51(15)16)21-26(3)61-42)28(5)36(29(6)41(55)64-33)65-34-23-47(13,60-17)40(30(7)62-34)67-44(57)52-20-19-49-24-52/h19-20,24-30,32-40,42,54,58-59H,18,21-23H2,1-17H3,(H,50,56)/t25-,26?,27+,28+,29-,30?,32?,33-,34?,35+,36+,37?,38-,39-,40?,42?,46-,47?,48-/m1/s1. The topological polar surface area (TPSA) is 245 Å². The van der Waals surface area contributed by atoms with Crippen molar-refractivity contribution in [3.8, 4) is 0 Å². The Morgan fingerprint density at radius 1 is 0.956 bits per heavy atom. The van der Waals surface area contributed by atoms with Gasteiger partial charge in [0.1, 0.15) is 29.2 Å². The van der Waals surface area contributed by atoms with Crippen LogP contribution in [0.2, 0.25) is 0 Å². The van der Waals surface area contributed by atoms with Crippen LogP contribution in [0.5, 0.6) is 0 Å². The van der Waals surface area contributed by atoms with E-state index in [4.69, 9.17) is 42.6 Å².